The summed E-state index contributed by atoms with van der Waals surface area (Å²) in [6.07, 6.45) is 6.54. The molecule has 0 aliphatic rings. The highest BCUT2D eigenvalue weighted by Gasteiger charge is 2.13. The van der Waals surface area contributed by atoms with Gasteiger partial charge in [0.15, 0.2) is 0 Å². The van der Waals surface area contributed by atoms with Gasteiger partial charge < -0.3 is 10.3 Å². The van der Waals surface area contributed by atoms with E-state index in [1.54, 1.807) is 18.6 Å². The Bertz CT molecular complexity index is 1330. The number of H-pyrrole nitrogens is 2. The molecule has 7 heteroatoms. The first-order valence-electron chi connectivity index (χ1n) is 9.89. The molecule has 1 amide bonds. The van der Waals surface area contributed by atoms with Gasteiger partial charge in [0.2, 0.25) is 5.91 Å². The van der Waals surface area contributed by atoms with Crippen molar-refractivity contribution in [1.29, 1.82) is 0 Å². The van der Waals surface area contributed by atoms with Crippen LogP contribution in [0.4, 0.5) is 5.69 Å². The number of hydrogen-bond acceptors (Lipinski definition) is 4. The van der Waals surface area contributed by atoms with Gasteiger partial charge in [0.25, 0.3) is 0 Å². The number of nitrogens with one attached hydrogen (secondary N) is 3. The summed E-state index contributed by atoms with van der Waals surface area (Å²) in [7, 11) is 0. The lowest BCUT2D eigenvalue weighted by atomic mass is 10.0. The molecule has 7 nitrogen and oxygen atoms in total. The quantitative estimate of drug-likeness (QED) is 0.393. The number of carbonyl (C=O) groups is 1. The summed E-state index contributed by atoms with van der Waals surface area (Å²) in [5, 5.41) is 11.5. The minimum atomic E-state index is -0.00329. The highest BCUT2D eigenvalue weighted by Crippen LogP contribution is 2.31. The number of nitrogens with zero attached hydrogens (tertiary/aromatic N) is 3. The monoisotopic (exact) mass is 396 g/mol. The molecule has 0 bridgehead atoms. The van der Waals surface area contributed by atoms with E-state index in [0.717, 1.165) is 50.9 Å². The topological polar surface area (TPSA) is 99.3 Å². The maximum Gasteiger partial charge on any atom is 0.224 e. The molecule has 148 valence electrons. The molecular formula is C23H20N6O. The van der Waals surface area contributed by atoms with Crippen LogP contribution in [0, 0.1) is 0 Å². The molecule has 0 fully saturated rings. The zero-order valence-electron chi connectivity index (χ0n) is 16.4. The third-order valence-corrected chi connectivity index (χ3v) is 5.04. The molecule has 3 N–H and O–H groups in total. The molecule has 4 heterocycles. The number of hydrogen-bond donors (Lipinski definition) is 3. The van der Waals surface area contributed by atoms with E-state index >= 15 is 0 Å². The summed E-state index contributed by atoms with van der Waals surface area (Å²) < 4.78 is 0. The first-order chi connectivity index (χ1) is 14.7. The summed E-state index contributed by atoms with van der Waals surface area (Å²) >= 11 is 0. The lowest BCUT2D eigenvalue weighted by Crippen LogP contribution is -2.10. The van der Waals surface area contributed by atoms with Crippen molar-refractivity contribution in [2.45, 2.75) is 19.8 Å². The van der Waals surface area contributed by atoms with E-state index in [9.17, 15) is 4.79 Å². The number of fused-ring (bicyclic) bond motifs is 2. The van der Waals surface area contributed by atoms with Crippen LogP contribution in [0.3, 0.4) is 0 Å². The number of aromatic nitrogens is 5. The molecule has 4 aromatic heterocycles. The van der Waals surface area contributed by atoms with E-state index in [1.807, 2.05) is 43.3 Å². The lowest BCUT2D eigenvalue weighted by molar-refractivity contribution is -0.116. The van der Waals surface area contributed by atoms with Crippen LogP contribution in [-0.4, -0.2) is 31.1 Å². The van der Waals surface area contributed by atoms with Gasteiger partial charge in [-0.1, -0.05) is 13.0 Å². The van der Waals surface area contributed by atoms with E-state index in [4.69, 9.17) is 0 Å². The fourth-order valence-electron chi connectivity index (χ4n) is 3.60. The number of carbonyl (C=O) groups excluding carboxylic acids is 1. The van der Waals surface area contributed by atoms with E-state index in [-0.39, 0.29) is 5.91 Å². The van der Waals surface area contributed by atoms with Gasteiger partial charge in [-0.2, -0.15) is 5.10 Å². The molecule has 0 saturated heterocycles. The molecule has 1 aromatic carbocycles. The highest BCUT2D eigenvalue weighted by atomic mass is 16.1. The Hall–Kier alpha value is -4.00. The molecule has 0 aliphatic carbocycles. The molecule has 30 heavy (non-hydrogen) atoms. The van der Waals surface area contributed by atoms with Crippen LogP contribution in [0.5, 0.6) is 0 Å². The number of aromatic amines is 2. The molecule has 0 aliphatic heterocycles. The van der Waals surface area contributed by atoms with Crippen LogP contribution < -0.4 is 5.32 Å². The Kier molecular flexibility index (Phi) is 4.48. The predicted octanol–water partition coefficient (Wildman–Crippen LogP) is 4.91. The van der Waals surface area contributed by atoms with Crippen molar-refractivity contribution in [3.8, 4) is 22.5 Å². The van der Waals surface area contributed by atoms with E-state index in [0.29, 0.717) is 12.1 Å². The number of benzene rings is 1. The second kappa shape index (κ2) is 7.44. The number of anilines is 1. The van der Waals surface area contributed by atoms with Gasteiger partial charge in [0.1, 0.15) is 5.69 Å². The fourth-order valence-corrected chi connectivity index (χ4v) is 3.60. The van der Waals surface area contributed by atoms with Crippen molar-refractivity contribution in [1.82, 2.24) is 25.1 Å². The third kappa shape index (κ3) is 3.30. The summed E-state index contributed by atoms with van der Waals surface area (Å²) in [6, 6.07) is 14.0. The van der Waals surface area contributed by atoms with E-state index in [2.05, 4.69) is 36.5 Å². The maximum absolute atomic E-state index is 11.9. The molecule has 5 aromatic rings. The first kappa shape index (κ1) is 18.1. The molecule has 5 rings (SSSR count). The van der Waals surface area contributed by atoms with E-state index in [1.165, 1.54) is 0 Å². The van der Waals surface area contributed by atoms with Gasteiger partial charge in [-0.05, 0) is 48.4 Å². The molecule has 0 spiro atoms. The Morgan fingerprint density at radius 2 is 2.00 bits per heavy atom. The van der Waals surface area contributed by atoms with Crippen LogP contribution in [0.15, 0.2) is 61.1 Å². The maximum atomic E-state index is 11.9. The Morgan fingerprint density at radius 1 is 1.07 bits per heavy atom. The first-order valence-corrected chi connectivity index (χ1v) is 9.89. The average Bonchev–Trinajstić information content (AvgIpc) is 3.37. The summed E-state index contributed by atoms with van der Waals surface area (Å²) in [5.41, 5.74) is 7.19. The van der Waals surface area contributed by atoms with Gasteiger partial charge in [-0.15, -0.1) is 0 Å². The third-order valence-electron chi connectivity index (χ3n) is 5.04. The normalized spacial score (nSPS) is 11.2. The lowest BCUT2D eigenvalue weighted by Gasteiger charge is -2.07. The SMILES string of the molecule is CCCC(=O)Nc1cncc(-c2ccc3[nH]nc(-c4cc5ncccc5[nH]4)c3c2)c1. The average molecular weight is 396 g/mol. The van der Waals surface area contributed by atoms with Crippen molar-refractivity contribution in [2.24, 2.45) is 0 Å². The van der Waals surface area contributed by atoms with Gasteiger partial charge in [-0.3, -0.25) is 19.9 Å². The fraction of sp³-hybridized carbons (Fsp3) is 0.130. The van der Waals surface area contributed by atoms with Crippen LogP contribution >= 0.6 is 0 Å². The molecule has 0 unspecified atom stereocenters. The molecule has 0 saturated carbocycles. The Labute approximate surface area is 172 Å². The Morgan fingerprint density at radius 3 is 2.87 bits per heavy atom. The van der Waals surface area contributed by atoms with Gasteiger partial charge in [-0.25, -0.2) is 0 Å². The van der Waals surface area contributed by atoms with Crippen molar-refractivity contribution in [2.75, 3.05) is 5.32 Å². The molecule has 0 atom stereocenters. The number of pyridine rings is 2. The summed E-state index contributed by atoms with van der Waals surface area (Å²) in [4.78, 5) is 24.0. The zero-order valence-corrected chi connectivity index (χ0v) is 16.4. The van der Waals surface area contributed by atoms with Crippen molar-refractivity contribution in [3.63, 3.8) is 0 Å². The van der Waals surface area contributed by atoms with Gasteiger partial charge in [0.05, 0.1) is 34.1 Å². The van der Waals surface area contributed by atoms with Gasteiger partial charge in [0, 0.05) is 29.8 Å². The van der Waals surface area contributed by atoms with Crippen molar-refractivity contribution >= 4 is 33.5 Å². The predicted molar refractivity (Wildman–Crippen MR) is 118 cm³/mol. The van der Waals surface area contributed by atoms with E-state index < -0.39 is 0 Å². The number of amides is 1. The smallest absolute Gasteiger partial charge is 0.224 e. The van der Waals surface area contributed by atoms with Crippen molar-refractivity contribution in [3.05, 3.63) is 61.1 Å². The molecular weight excluding hydrogens is 376 g/mol. The van der Waals surface area contributed by atoms with Crippen LogP contribution in [0.1, 0.15) is 19.8 Å². The van der Waals surface area contributed by atoms with Crippen LogP contribution in [0.25, 0.3) is 44.5 Å². The minimum absolute atomic E-state index is 0.00329. The van der Waals surface area contributed by atoms with Crippen molar-refractivity contribution < 1.29 is 4.79 Å². The Balaban J connectivity index is 1.54. The summed E-state index contributed by atoms with van der Waals surface area (Å²) in [5.74, 6) is -0.00329. The highest BCUT2D eigenvalue weighted by molar-refractivity contribution is 5.97. The second-order valence-corrected chi connectivity index (χ2v) is 7.21. The standard InChI is InChI=1S/C23H20N6O/c1-2-4-22(30)26-16-9-15(12-24-13-16)14-6-7-18-17(10-14)23(29-28-18)21-11-20-19(27-21)5-3-8-25-20/h3,5-13,27H,2,4H2,1H3,(H,26,30)(H,28,29). The minimum Gasteiger partial charge on any atom is -0.352 e. The largest absolute Gasteiger partial charge is 0.352 e. The molecule has 0 radical (unpaired) electrons. The summed E-state index contributed by atoms with van der Waals surface area (Å²) in [6.45, 7) is 1.98. The van der Waals surface area contributed by atoms with Crippen LogP contribution in [0.2, 0.25) is 0 Å². The zero-order chi connectivity index (χ0) is 20.5. The van der Waals surface area contributed by atoms with Gasteiger partial charge >= 0.3 is 0 Å². The second-order valence-electron chi connectivity index (χ2n) is 7.21. The van der Waals surface area contributed by atoms with Crippen LogP contribution in [-0.2, 0) is 4.79 Å². The number of rotatable bonds is 5.